The Morgan fingerprint density at radius 3 is 2.78 bits per heavy atom. The normalized spacial score (nSPS) is 39.2. The zero-order valence-electron chi connectivity index (χ0n) is 10.5. The summed E-state index contributed by atoms with van der Waals surface area (Å²) in [6.07, 6.45) is 9.99. The molecule has 0 aromatic heterocycles. The smallest absolute Gasteiger partial charge is 0.331 e. The summed E-state index contributed by atoms with van der Waals surface area (Å²) in [5.41, 5.74) is 1.48. The molecule has 0 bridgehead atoms. The lowest BCUT2D eigenvalue weighted by molar-refractivity contribution is -0.132. The third-order valence-corrected chi connectivity index (χ3v) is 3.99. The minimum Gasteiger partial charge on any atom is -0.478 e. The molecule has 0 saturated carbocycles. The Labute approximate surface area is 106 Å². The summed E-state index contributed by atoms with van der Waals surface area (Å²) in [6, 6.07) is 0. The Morgan fingerprint density at radius 1 is 1.33 bits per heavy atom. The maximum atomic E-state index is 10.6. The number of ether oxygens (including phenoxy) is 2. The first kappa shape index (κ1) is 11.9. The Balaban J connectivity index is 0.000000122. The van der Waals surface area contributed by atoms with E-state index in [1.165, 1.54) is 12.8 Å². The van der Waals surface area contributed by atoms with Crippen LogP contribution < -0.4 is 0 Å². The largest absolute Gasteiger partial charge is 0.478 e. The number of rotatable bonds is 1. The van der Waals surface area contributed by atoms with Gasteiger partial charge in [0.25, 0.3) is 0 Å². The molecule has 4 heteroatoms. The van der Waals surface area contributed by atoms with Gasteiger partial charge in [0.2, 0.25) is 0 Å². The lowest BCUT2D eigenvalue weighted by Gasteiger charge is -2.09. The van der Waals surface area contributed by atoms with Crippen LogP contribution in [0.1, 0.15) is 32.6 Å². The predicted octanol–water partition coefficient (Wildman–Crippen LogP) is 2.05. The van der Waals surface area contributed by atoms with E-state index in [0.717, 1.165) is 12.0 Å². The quantitative estimate of drug-likeness (QED) is 0.571. The van der Waals surface area contributed by atoms with Crippen molar-refractivity contribution in [1.29, 1.82) is 0 Å². The Morgan fingerprint density at radius 2 is 2.17 bits per heavy atom. The van der Waals surface area contributed by atoms with Gasteiger partial charge in [-0.1, -0.05) is 12.2 Å². The number of hydrogen-bond acceptors (Lipinski definition) is 3. The monoisotopic (exact) mass is 250 g/mol. The van der Waals surface area contributed by atoms with Crippen LogP contribution in [0.25, 0.3) is 0 Å². The third kappa shape index (κ3) is 2.35. The van der Waals surface area contributed by atoms with Gasteiger partial charge in [0.1, 0.15) is 12.2 Å². The Hall–Kier alpha value is -1.13. The van der Waals surface area contributed by atoms with Crippen LogP contribution in [-0.4, -0.2) is 35.5 Å². The van der Waals surface area contributed by atoms with Gasteiger partial charge in [-0.2, -0.15) is 0 Å². The summed E-state index contributed by atoms with van der Waals surface area (Å²) in [5, 5.41) is 8.73. The van der Waals surface area contributed by atoms with Crippen molar-refractivity contribution in [3.63, 3.8) is 0 Å². The van der Waals surface area contributed by atoms with E-state index >= 15 is 0 Å². The topological polar surface area (TPSA) is 62.4 Å². The summed E-state index contributed by atoms with van der Waals surface area (Å²) in [4.78, 5) is 10.6. The van der Waals surface area contributed by atoms with Crippen LogP contribution >= 0.6 is 0 Å². The molecule has 4 rings (SSSR count). The van der Waals surface area contributed by atoms with E-state index in [1.54, 1.807) is 0 Å². The molecule has 0 aromatic carbocycles. The minimum absolute atomic E-state index is 0.134. The van der Waals surface area contributed by atoms with Gasteiger partial charge in [-0.15, -0.1) is 0 Å². The van der Waals surface area contributed by atoms with Gasteiger partial charge in [0.15, 0.2) is 0 Å². The highest BCUT2D eigenvalue weighted by atomic mass is 16.6. The van der Waals surface area contributed by atoms with Gasteiger partial charge in [0, 0.05) is 5.57 Å². The zero-order valence-corrected chi connectivity index (χ0v) is 10.5. The highest BCUT2D eigenvalue weighted by Gasteiger charge is 2.44. The van der Waals surface area contributed by atoms with Crippen LogP contribution in [0.15, 0.2) is 23.3 Å². The minimum atomic E-state index is -0.781. The van der Waals surface area contributed by atoms with E-state index in [2.05, 4.69) is 12.2 Å². The van der Waals surface area contributed by atoms with Crippen molar-refractivity contribution in [2.75, 3.05) is 0 Å². The van der Waals surface area contributed by atoms with E-state index in [9.17, 15) is 4.79 Å². The molecule has 2 aliphatic carbocycles. The fraction of sp³-hybridized carbons (Fsp3) is 0.643. The van der Waals surface area contributed by atoms with Crippen LogP contribution in [-0.2, 0) is 14.3 Å². The number of fused-ring (bicyclic) bond motifs is 2. The van der Waals surface area contributed by atoms with E-state index < -0.39 is 5.97 Å². The highest BCUT2D eigenvalue weighted by Crippen LogP contribution is 2.40. The second kappa shape index (κ2) is 4.52. The maximum absolute atomic E-state index is 10.6. The van der Waals surface area contributed by atoms with E-state index in [0.29, 0.717) is 30.3 Å². The first-order chi connectivity index (χ1) is 8.66. The Bertz CT molecular complexity index is 424. The number of epoxide rings is 2. The molecule has 2 saturated heterocycles. The summed E-state index contributed by atoms with van der Waals surface area (Å²) in [5.74, 6) is -0.781. The van der Waals surface area contributed by atoms with E-state index in [1.807, 2.05) is 6.92 Å². The summed E-state index contributed by atoms with van der Waals surface area (Å²) in [6.45, 7) is 1.85. The molecule has 2 heterocycles. The number of allylic oxidation sites excluding steroid dienone is 1. The molecule has 0 spiro atoms. The lowest BCUT2D eigenvalue weighted by atomic mass is 9.93. The van der Waals surface area contributed by atoms with Crippen LogP contribution in [0.3, 0.4) is 0 Å². The Kier molecular flexibility index (Phi) is 2.99. The van der Waals surface area contributed by atoms with E-state index in [4.69, 9.17) is 14.6 Å². The predicted molar refractivity (Wildman–Crippen MR) is 65.3 cm³/mol. The van der Waals surface area contributed by atoms with Gasteiger partial charge in [-0.3, -0.25) is 0 Å². The standard InChI is InChI=1S/C8H10O3.C6H8O/c1-4-5(8(9)10)2-3-6-7(4)11-6;1-2-4-6-5(3-1)7-6/h6-7H,2-3H2,1H3,(H,9,10);1,3,5-6H,2,4H2. The van der Waals surface area contributed by atoms with Crippen molar-refractivity contribution in [3.05, 3.63) is 23.3 Å². The first-order valence-corrected chi connectivity index (χ1v) is 6.57. The fourth-order valence-corrected chi connectivity index (χ4v) is 2.72. The van der Waals surface area contributed by atoms with Crippen molar-refractivity contribution in [2.45, 2.75) is 57.0 Å². The third-order valence-electron chi connectivity index (χ3n) is 3.99. The van der Waals surface area contributed by atoms with Crippen LogP contribution in [0, 0.1) is 0 Å². The molecule has 18 heavy (non-hydrogen) atoms. The molecule has 0 radical (unpaired) electrons. The van der Waals surface area contributed by atoms with Crippen molar-refractivity contribution >= 4 is 5.97 Å². The van der Waals surface area contributed by atoms with Gasteiger partial charge >= 0.3 is 5.97 Å². The molecule has 98 valence electrons. The SMILES string of the molecule is C1=CC2OC2CC1.CC1=C(C(=O)O)CCC2OC12. The molecular formula is C14H18O4. The molecule has 4 nitrogen and oxygen atoms in total. The average molecular weight is 250 g/mol. The molecule has 1 N–H and O–H groups in total. The molecule has 4 unspecified atom stereocenters. The number of aliphatic carboxylic acids is 1. The second-order valence-corrected chi connectivity index (χ2v) is 5.25. The highest BCUT2D eigenvalue weighted by molar-refractivity contribution is 5.88. The van der Waals surface area contributed by atoms with Crippen molar-refractivity contribution in [2.24, 2.45) is 0 Å². The fourth-order valence-electron chi connectivity index (χ4n) is 2.72. The molecule has 2 fully saturated rings. The van der Waals surface area contributed by atoms with Gasteiger partial charge < -0.3 is 14.6 Å². The van der Waals surface area contributed by atoms with Crippen LogP contribution in [0.5, 0.6) is 0 Å². The van der Waals surface area contributed by atoms with Gasteiger partial charge in [-0.25, -0.2) is 4.79 Å². The maximum Gasteiger partial charge on any atom is 0.331 e. The number of carboxylic acid groups (broad SMARTS) is 1. The summed E-state index contributed by atoms with van der Waals surface area (Å²) in [7, 11) is 0. The van der Waals surface area contributed by atoms with E-state index in [-0.39, 0.29) is 6.10 Å². The van der Waals surface area contributed by atoms with Crippen molar-refractivity contribution in [1.82, 2.24) is 0 Å². The summed E-state index contributed by atoms with van der Waals surface area (Å²) >= 11 is 0. The molecule has 0 aromatic rings. The van der Waals surface area contributed by atoms with Crippen LogP contribution in [0.2, 0.25) is 0 Å². The number of carboxylic acids is 1. The van der Waals surface area contributed by atoms with Gasteiger partial charge in [-0.05, 0) is 38.2 Å². The lowest BCUT2D eigenvalue weighted by Crippen LogP contribution is -2.13. The van der Waals surface area contributed by atoms with Crippen molar-refractivity contribution in [3.8, 4) is 0 Å². The van der Waals surface area contributed by atoms with Gasteiger partial charge in [0.05, 0.1) is 12.2 Å². The zero-order chi connectivity index (χ0) is 12.7. The van der Waals surface area contributed by atoms with Crippen molar-refractivity contribution < 1.29 is 19.4 Å². The number of hydrogen-bond donors (Lipinski definition) is 1. The second-order valence-electron chi connectivity index (χ2n) is 5.25. The molecular weight excluding hydrogens is 232 g/mol. The molecule has 4 aliphatic rings. The first-order valence-electron chi connectivity index (χ1n) is 6.57. The molecule has 2 aliphatic heterocycles. The molecule has 0 amide bonds. The molecule has 4 atom stereocenters. The van der Waals surface area contributed by atoms with Crippen LogP contribution in [0.4, 0.5) is 0 Å². The summed E-state index contributed by atoms with van der Waals surface area (Å²) < 4.78 is 10.4. The number of carbonyl (C=O) groups is 1. The average Bonchev–Trinajstić information content (AvgIpc) is 3.24.